The lowest BCUT2D eigenvalue weighted by Gasteiger charge is -2.29. The molecule has 0 aliphatic carbocycles. The lowest BCUT2D eigenvalue weighted by Crippen LogP contribution is -2.52. The Morgan fingerprint density at radius 1 is 1.03 bits per heavy atom. The third-order valence-corrected chi connectivity index (χ3v) is 7.61. The van der Waals surface area contributed by atoms with E-state index in [1.165, 1.54) is 50.0 Å². The molecule has 0 aromatic heterocycles. The van der Waals surface area contributed by atoms with Crippen LogP contribution in [0.1, 0.15) is 81.1 Å². The van der Waals surface area contributed by atoms with E-state index in [1.807, 2.05) is 23.9 Å². The highest BCUT2D eigenvalue weighted by Crippen LogP contribution is 2.31. The number of benzene rings is 1. The van der Waals surface area contributed by atoms with E-state index in [9.17, 15) is 14.4 Å². The van der Waals surface area contributed by atoms with Crippen LogP contribution in [0.5, 0.6) is 0 Å². The number of imide groups is 1. The number of nitrogens with one attached hydrogen (secondary N) is 1. The van der Waals surface area contributed by atoms with Gasteiger partial charge in [0, 0.05) is 23.4 Å². The van der Waals surface area contributed by atoms with Crippen molar-refractivity contribution in [3.8, 4) is 0 Å². The summed E-state index contributed by atoms with van der Waals surface area (Å²) in [6.07, 6.45) is 8.42. The number of rotatable bonds is 13. The SMILES string of the molecule is CCN(CC)CCCCCCCCSc1ccc2c(c1)CN(C1CCC(=O)NC1=O)C2=O. The zero-order valence-corrected chi connectivity index (χ0v) is 20.3. The van der Waals surface area contributed by atoms with Crippen molar-refractivity contribution in [1.82, 2.24) is 15.1 Å². The van der Waals surface area contributed by atoms with Gasteiger partial charge in [-0.15, -0.1) is 11.8 Å². The molecule has 1 atom stereocenters. The molecule has 32 heavy (non-hydrogen) atoms. The predicted octanol–water partition coefficient (Wildman–Crippen LogP) is 4.22. The van der Waals surface area contributed by atoms with Gasteiger partial charge in [0.1, 0.15) is 6.04 Å². The quantitative estimate of drug-likeness (QED) is 0.272. The van der Waals surface area contributed by atoms with Crippen LogP contribution >= 0.6 is 11.8 Å². The highest BCUT2D eigenvalue weighted by molar-refractivity contribution is 7.99. The largest absolute Gasteiger partial charge is 0.322 e. The first kappa shape index (κ1) is 24.8. The van der Waals surface area contributed by atoms with Crippen molar-refractivity contribution in [2.75, 3.05) is 25.4 Å². The van der Waals surface area contributed by atoms with Gasteiger partial charge in [-0.25, -0.2) is 0 Å². The Kier molecular flexibility index (Phi) is 9.60. The molecule has 0 bridgehead atoms. The van der Waals surface area contributed by atoms with Crippen molar-refractivity contribution < 1.29 is 14.4 Å². The topological polar surface area (TPSA) is 69.7 Å². The number of carbonyl (C=O) groups excluding carboxylic acids is 3. The second kappa shape index (κ2) is 12.4. The van der Waals surface area contributed by atoms with Crippen LogP contribution < -0.4 is 5.32 Å². The molecule has 3 rings (SSSR count). The number of fused-ring (bicyclic) bond motifs is 1. The minimum Gasteiger partial charge on any atom is -0.322 e. The van der Waals surface area contributed by atoms with Crippen molar-refractivity contribution >= 4 is 29.5 Å². The van der Waals surface area contributed by atoms with E-state index in [4.69, 9.17) is 0 Å². The van der Waals surface area contributed by atoms with Crippen LogP contribution in [0.25, 0.3) is 0 Å². The van der Waals surface area contributed by atoms with E-state index < -0.39 is 6.04 Å². The maximum absolute atomic E-state index is 12.8. The minimum absolute atomic E-state index is 0.105. The number of hydrogen-bond donors (Lipinski definition) is 1. The normalized spacial score (nSPS) is 18.4. The smallest absolute Gasteiger partial charge is 0.255 e. The molecule has 3 amide bonds. The maximum Gasteiger partial charge on any atom is 0.255 e. The third kappa shape index (κ3) is 6.58. The first-order chi connectivity index (χ1) is 15.5. The maximum atomic E-state index is 12.8. The summed E-state index contributed by atoms with van der Waals surface area (Å²) in [6.45, 7) is 8.44. The van der Waals surface area contributed by atoms with Gasteiger partial charge in [-0.05, 0) is 68.4 Å². The Balaban J connectivity index is 1.36. The second-order valence-electron chi connectivity index (χ2n) is 8.72. The van der Waals surface area contributed by atoms with E-state index >= 15 is 0 Å². The predicted molar refractivity (Wildman–Crippen MR) is 129 cm³/mol. The number of nitrogens with zero attached hydrogens (tertiary/aromatic N) is 2. The van der Waals surface area contributed by atoms with Crippen molar-refractivity contribution in [2.45, 2.75) is 82.7 Å². The first-order valence-electron chi connectivity index (χ1n) is 12.2. The molecule has 2 aliphatic rings. The van der Waals surface area contributed by atoms with Crippen molar-refractivity contribution in [3.05, 3.63) is 29.3 Å². The molecule has 1 aromatic rings. The summed E-state index contributed by atoms with van der Waals surface area (Å²) < 4.78 is 0. The number of unbranched alkanes of at least 4 members (excludes halogenated alkanes) is 5. The van der Waals surface area contributed by atoms with Gasteiger partial charge >= 0.3 is 0 Å². The average molecular weight is 460 g/mol. The first-order valence-corrected chi connectivity index (χ1v) is 13.1. The second-order valence-corrected chi connectivity index (χ2v) is 9.88. The molecule has 0 saturated carbocycles. The van der Waals surface area contributed by atoms with Crippen molar-refractivity contribution in [3.63, 3.8) is 0 Å². The standard InChI is InChI=1S/C25H37N3O3S/c1-3-27(4-2)15-9-7-5-6-8-10-16-32-20-11-12-21-19(17-20)18-28(25(21)31)22-13-14-23(29)26-24(22)30/h11-12,17,22H,3-10,13-16,18H2,1-2H3,(H,26,29,30). The summed E-state index contributed by atoms with van der Waals surface area (Å²) >= 11 is 1.84. The molecule has 1 saturated heterocycles. The van der Waals surface area contributed by atoms with E-state index in [-0.39, 0.29) is 24.1 Å². The van der Waals surface area contributed by atoms with Gasteiger partial charge in [-0.2, -0.15) is 0 Å². The summed E-state index contributed by atoms with van der Waals surface area (Å²) in [5.74, 6) is 0.370. The molecule has 2 heterocycles. The number of amides is 3. The van der Waals surface area contributed by atoms with E-state index in [0.717, 1.165) is 24.4 Å². The summed E-state index contributed by atoms with van der Waals surface area (Å²) in [4.78, 5) is 41.6. The molecular weight excluding hydrogens is 422 g/mol. The molecular formula is C25H37N3O3S. The van der Waals surface area contributed by atoms with Gasteiger partial charge in [0.25, 0.3) is 5.91 Å². The number of carbonyl (C=O) groups is 3. The molecule has 1 N–H and O–H groups in total. The third-order valence-electron chi connectivity index (χ3n) is 6.53. The fraction of sp³-hybridized carbons (Fsp3) is 0.640. The zero-order valence-electron chi connectivity index (χ0n) is 19.5. The Bertz CT molecular complexity index is 810. The lowest BCUT2D eigenvalue weighted by atomic mass is 10.0. The van der Waals surface area contributed by atoms with Gasteiger partial charge in [0.05, 0.1) is 0 Å². The van der Waals surface area contributed by atoms with Gasteiger partial charge in [-0.3, -0.25) is 19.7 Å². The molecule has 2 aliphatic heterocycles. The fourth-order valence-electron chi connectivity index (χ4n) is 4.52. The molecule has 176 valence electrons. The van der Waals surface area contributed by atoms with Crippen LogP contribution in [0.4, 0.5) is 0 Å². The van der Waals surface area contributed by atoms with Crippen LogP contribution in [-0.2, 0) is 16.1 Å². The molecule has 7 heteroatoms. The molecule has 6 nitrogen and oxygen atoms in total. The van der Waals surface area contributed by atoms with E-state index in [2.05, 4.69) is 30.1 Å². The molecule has 1 fully saturated rings. The Morgan fingerprint density at radius 3 is 2.47 bits per heavy atom. The summed E-state index contributed by atoms with van der Waals surface area (Å²) in [7, 11) is 0. The van der Waals surface area contributed by atoms with Gasteiger partial charge in [-0.1, -0.05) is 39.5 Å². The highest BCUT2D eigenvalue weighted by atomic mass is 32.2. The van der Waals surface area contributed by atoms with Crippen LogP contribution in [0.3, 0.4) is 0 Å². The van der Waals surface area contributed by atoms with Crippen LogP contribution in [0, 0.1) is 0 Å². The summed E-state index contributed by atoms with van der Waals surface area (Å²) in [5.41, 5.74) is 1.67. The fourth-order valence-corrected chi connectivity index (χ4v) is 5.49. The van der Waals surface area contributed by atoms with Crippen LogP contribution in [0.2, 0.25) is 0 Å². The van der Waals surface area contributed by atoms with Crippen molar-refractivity contribution in [2.24, 2.45) is 0 Å². The van der Waals surface area contributed by atoms with E-state index in [0.29, 0.717) is 18.5 Å². The van der Waals surface area contributed by atoms with Gasteiger partial charge in [0.2, 0.25) is 11.8 Å². The zero-order chi connectivity index (χ0) is 22.9. The van der Waals surface area contributed by atoms with Crippen LogP contribution in [-0.4, -0.2) is 59.0 Å². The monoisotopic (exact) mass is 459 g/mol. The Morgan fingerprint density at radius 2 is 1.75 bits per heavy atom. The highest BCUT2D eigenvalue weighted by Gasteiger charge is 2.39. The number of piperidine rings is 1. The lowest BCUT2D eigenvalue weighted by molar-refractivity contribution is -0.136. The molecule has 1 aromatic carbocycles. The molecule has 1 unspecified atom stereocenters. The number of thioether (sulfide) groups is 1. The van der Waals surface area contributed by atoms with E-state index in [1.54, 1.807) is 4.90 Å². The molecule has 0 radical (unpaired) electrons. The van der Waals surface area contributed by atoms with Gasteiger partial charge < -0.3 is 9.80 Å². The van der Waals surface area contributed by atoms with Crippen LogP contribution in [0.15, 0.2) is 23.1 Å². The van der Waals surface area contributed by atoms with Crippen molar-refractivity contribution in [1.29, 1.82) is 0 Å². The average Bonchev–Trinajstić information content (AvgIpc) is 3.11. The Hall–Kier alpha value is -1.86. The molecule has 0 spiro atoms. The Labute approximate surface area is 196 Å². The minimum atomic E-state index is -0.546. The summed E-state index contributed by atoms with van der Waals surface area (Å²) in [6, 6.07) is 5.46. The number of hydrogen-bond acceptors (Lipinski definition) is 5. The van der Waals surface area contributed by atoms with Gasteiger partial charge in [0.15, 0.2) is 0 Å². The summed E-state index contributed by atoms with van der Waals surface area (Å²) in [5, 5.41) is 2.35.